The second kappa shape index (κ2) is 6.87. The zero-order valence-corrected chi connectivity index (χ0v) is 13.2. The van der Waals surface area contributed by atoms with Gasteiger partial charge in [-0.2, -0.15) is 0 Å². The monoisotopic (exact) mass is 312 g/mol. The second-order valence-corrected chi connectivity index (χ2v) is 7.42. The largest absolute Gasteiger partial charge is 0.391 e. The summed E-state index contributed by atoms with van der Waals surface area (Å²) in [6, 6.07) is 4.80. The van der Waals surface area contributed by atoms with E-state index in [1.54, 1.807) is 19.1 Å². The van der Waals surface area contributed by atoms with Crippen LogP contribution in [0.5, 0.6) is 0 Å². The van der Waals surface area contributed by atoms with Gasteiger partial charge in [-0.15, -0.1) is 0 Å². The van der Waals surface area contributed by atoms with Gasteiger partial charge in [0.2, 0.25) is 10.0 Å². The van der Waals surface area contributed by atoms with Gasteiger partial charge < -0.3 is 10.8 Å². The van der Waals surface area contributed by atoms with Crippen molar-refractivity contribution in [2.45, 2.75) is 62.6 Å². The number of nitrogens with one attached hydrogen (secondary N) is 1. The molecule has 0 heterocycles. The minimum Gasteiger partial charge on any atom is -0.391 e. The molecule has 0 saturated heterocycles. The number of rotatable bonds is 4. The number of hydrogen-bond donors (Lipinski definition) is 3. The van der Waals surface area contributed by atoms with E-state index in [1.165, 1.54) is 0 Å². The molecule has 6 heteroatoms. The quantitative estimate of drug-likeness (QED) is 0.733. The molecule has 1 fully saturated rings. The molecule has 1 aromatic carbocycles. The van der Waals surface area contributed by atoms with E-state index in [-0.39, 0.29) is 4.90 Å². The number of aliphatic hydroxyl groups excluding tert-OH is 1. The minimum atomic E-state index is -3.64. The van der Waals surface area contributed by atoms with Crippen LogP contribution < -0.4 is 10.5 Å². The highest BCUT2D eigenvalue weighted by Crippen LogP contribution is 2.22. The summed E-state index contributed by atoms with van der Waals surface area (Å²) in [5.41, 5.74) is 7.05. The molecule has 4 N–H and O–H groups in total. The molecule has 21 heavy (non-hydrogen) atoms. The van der Waals surface area contributed by atoms with Crippen molar-refractivity contribution < 1.29 is 13.5 Å². The lowest BCUT2D eigenvalue weighted by atomic mass is 10.1. The number of aryl methyl sites for hydroxylation is 1. The molecule has 0 spiro atoms. The van der Waals surface area contributed by atoms with Gasteiger partial charge in [0.05, 0.1) is 11.0 Å². The third kappa shape index (κ3) is 4.03. The Hall–Kier alpha value is -0.950. The maximum atomic E-state index is 12.6. The Morgan fingerprint density at radius 1 is 1.29 bits per heavy atom. The predicted molar refractivity (Wildman–Crippen MR) is 82.3 cm³/mol. The molecule has 118 valence electrons. The number of hydrogen-bond acceptors (Lipinski definition) is 4. The minimum absolute atomic E-state index is 0.252. The van der Waals surface area contributed by atoms with Gasteiger partial charge in [0.25, 0.3) is 0 Å². The van der Waals surface area contributed by atoms with Gasteiger partial charge in [0, 0.05) is 12.6 Å². The zero-order chi connectivity index (χ0) is 15.5. The fraction of sp³-hybridized carbons (Fsp3) is 0.600. The van der Waals surface area contributed by atoms with Crippen LogP contribution in [0.4, 0.5) is 0 Å². The molecule has 2 rings (SSSR count). The van der Waals surface area contributed by atoms with Crippen LogP contribution >= 0.6 is 0 Å². The topological polar surface area (TPSA) is 92.4 Å². The van der Waals surface area contributed by atoms with Crippen molar-refractivity contribution in [2.24, 2.45) is 5.73 Å². The molecule has 1 aromatic rings. The molecule has 2 atom stereocenters. The Morgan fingerprint density at radius 3 is 2.71 bits per heavy atom. The van der Waals surface area contributed by atoms with Crippen LogP contribution in [0.1, 0.15) is 43.2 Å². The van der Waals surface area contributed by atoms with E-state index in [0.29, 0.717) is 24.9 Å². The molecular weight excluding hydrogens is 288 g/mol. The average Bonchev–Trinajstić information content (AvgIpc) is 2.64. The average molecular weight is 312 g/mol. The maximum absolute atomic E-state index is 12.6. The first-order chi connectivity index (χ1) is 9.94. The van der Waals surface area contributed by atoms with Crippen molar-refractivity contribution in [3.8, 4) is 0 Å². The van der Waals surface area contributed by atoms with Gasteiger partial charge in [-0.3, -0.25) is 0 Å². The van der Waals surface area contributed by atoms with Gasteiger partial charge in [0.1, 0.15) is 0 Å². The van der Waals surface area contributed by atoms with Crippen LogP contribution in [0.15, 0.2) is 23.1 Å². The van der Waals surface area contributed by atoms with E-state index in [1.807, 2.05) is 6.07 Å². The zero-order valence-electron chi connectivity index (χ0n) is 12.4. The summed E-state index contributed by atoms with van der Waals surface area (Å²) < 4.78 is 27.8. The van der Waals surface area contributed by atoms with Gasteiger partial charge in [-0.05, 0) is 37.0 Å². The standard InChI is InChI=1S/C15H24N2O3S/c1-11-7-8-12(10-16)9-15(11)21(19,20)17-13-5-3-2-4-6-14(13)18/h7-9,13-14,17-18H,2-6,10,16H2,1H3. The van der Waals surface area contributed by atoms with Crippen molar-refractivity contribution in [1.29, 1.82) is 0 Å². The molecule has 1 saturated carbocycles. The van der Waals surface area contributed by atoms with Crippen LogP contribution in [-0.2, 0) is 16.6 Å². The van der Waals surface area contributed by atoms with E-state index < -0.39 is 22.2 Å². The van der Waals surface area contributed by atoms with Crippen molar-refractivity contribution in [3.63, 3.8) is 0 Å². The highest BCUT2D eigenvalue weighted by molar-refractivity contribution is 7.89. The Balaban J connectivity index is 2.25. The van der Waals surface area contributed by atoms with Gasteiger partial charge >= 0.3 is 0 Å². The highest BCUT2D eigenvalue weighted by atomic mass is 32.2. The van der Waals surface area contributed by atoms with Gasteiger partial charge in [-0.1, -0.05) is 31.4 Å². The summed E-state index contributed by atoms with van der Waals surface area (Å²) in [7, 11) is -3.64. The predicted octanol–water partition coefficient (Wildman–Crippen LogP) is 1.43. The lowest BCUT2D eigenvalue weighted by Crippen LogP contribution is -2.42. The van der Waals surface area contributed by atoms with E-state index in [0.717, 1.165) is 24.8 Å². The second-order valence-electron chi connectivity index (χ2n) is 5.74. The summed E-state index contributed by atoms with van der Waals surface area (Å²) >= 11 is 0. The molecule has 0 aromatic heterocycles. The van der Waals surface area contributed by atoms with Crippen LogP contribution in [-0.4, -0.2) is 25.7 Å². The molecule has 0 amide bonds. The lowest BCUT2D eigenvalue weighted by molar-refractivity contribution is 0.130. The van der Waals surface area contributed by atoms with Crippen LogP contribution in [0.2, 0.25) is 0 Å². The Bertz CT molecular complexity index is 587. The fourth-order valence-corrected chi connectivity index (χ4v) is 4.35. The fourth-order valence-electron chi connectivity index (χ4n) is 2.75. The molecule has 1 aliphatic carbocycles. The molecule has 1 aliphatic rings. The van der Waals surface area contributed by atoms with Gasteiger partial charge in [0.15, 0.2) is 0 Å². The van der Waals surface area contributed by atoms with E-state index in [9.17, 15) is 13.5 Å². The first kappa shape index (κ1) is 16.4. The summed E-state index contributed by atoms with van der Waals surface area (Å²) in [5.74, 6) is 0. The normalized spacial score (nSPS) is 23.8. The molecule has 2 unspecified atom stereocenters. The van der Waals surface area contributed by atoms with E-state index in [4.69, 9.17) is 5.73 Å². The summed E-state index contributed by atoms with van der Waals surface area (Å²) in [4.78, 5) is 0.252. The maximum Gasteiger partial charge on any atom is 0.241 e. The molecular formula is C15H24N2O3S. The van der Waals surface area contributed by atoms with Crippen molar-refractivity contribution >= 4 is 10.0 Å². The van der Waals surface area contributed by atoms with Crippen LogP contribution in [0, 0.1) is 6.92 Å². The first-order valence-electron chi connectivity index (χ1n) is 7.44. The third-order valence-corrected chi connectivity index (χ3v) is 5.70. The molecule has 0 aliphatic heterocycles. The summed E-state index contributed by atoms with van der Waals surface area (Å²) in [6.45, 7) is 2.06. The Labute approximate surface area is 126 Å². The molecule has 0 radical (unpaired) electrons. The van der Waals surface area contributed by atoms with Crippen LogP contribution in [0.3, 0.4) is 0 Å². The van der Waals surface area contributed by atoms with Crippen molar-refractivity contribution in [2.75, 3.05) is 0 Å². The van der Waals surface area contributed by atoms with Gasteiger partial charge in [-0.25, -0.2) is 13.1 Å². The summed E-state index contributed by atoms with van der Waals surface area (Å²) in [6.07, 6.45) is 3.63. The summed E-state index contributed by atoms with van der Waals surface area (Å²) in [5, 5.41) is 10.1. The lowest BCUT2D eigenvalue weighted by Gasteiger charge is -2.22. The highest BCUT2D eigenvalue weighted by Gasteiger charge is 2.27. The smallest absolute Gasteiger partial charge is 0.241 e. The SMILES string of the molecule is Cc1ccc(CN)cc1S(=O)(=O)NC1CCCCCC1O. The van der Waals surface area contributed by atoms with Crippen molar-refractivity contribution in [1.82, 2.24) is 4.72 Å². The molecule has 0 bridgehead atoms. The number of nitrogens with two attached hydrogens (primary N) is 1. The van der Waals surface area contributed by atoms with Crippen LogP contribution in [0.25, 0.3) is 0 Å². The first-order valence-corrected chi connectivity index (χ1v) is 8.92. The van der Waals surface area contributed by atoms with Crippen molar-refractivity contribution in [3.05, 3.63) is 29.3 Å². The Morgan fingerprint density at radius 2 is 2.00 bits per heavy atom. The number of benzene rings is 1. The third-order valence-electron chi connectivity index (χ3n) is 4.06. The molecule has 5 nitrogen and oxygen atoms in total. The van der Waals surface area contributed by atoms with E-state index >= 15 is 0 Å². The Kier molecular flexibility index (Phi) is 5.37. The van der Waals surface area contributed by atoms with E-state index in [2.05, 4.69) is 4.72 Å². The number of sulfonamides is 1. The number of aliphatic hydroxyl groups is 1.